The van der Waals surface area contributed by atoms with E-state index >= 15 is 0 Å². The maximum atomic E-state index is 13.9. The lowest BCUT2D eigenvalue weighted by Crippen LogP contribution is -2.25. The maximum absolute atomic E-state index is 13.9. The number of rotatable bonds is 8. The van der Waals surface area contributed by atoms with Gasteiger partial charge in [0.1, 0.15) is 16.5 Å². The predicted octanol–water partition coefficient (Wildman–Crippen LogP) is 2.94. The Morgan fingerprint density at radius 1 is 1.23 bits per heavy atom. The van der Waals surface area contributed by atoms with Crippen molar-refractivity contribution in [3.05, 3.63) is 66.5 Å². The van der Waals surface area contributed by atoms with Crippen LogP contribution >= 0.6 is 0 Å². The molecule has 0 spiro atoms. The largest absolute Gasteiger partial charge is 0.494 e. The quantitative estimate of drug-likeness (QED) is 0.692. The first kappa shape index (κ1) is 19.6. The summed E-state index contributed by atoms with van der Waals surface area (Å²) in [5.41, 5.74) is 0.510. The standard InChI is InChI=1S/C18H19FN2O4S/c1-3-11-20-26(23,24)17-12-13(5-10-16(17)19)18(22)21-14-6-8-15(9-7-14)25-4-2/h3,5-10,12,20H,1,4,11H2,2H3,(H,21,22). The van der Waals surface area contributed by atoms with Gasteiger partial charge in [0.05, 0.1) is 6.61 Å². The van der Waals surface area contributed by atoms with Crippen LogP contribution in [0.5, 0.6) is 5.75 Å². The van der Waals surface area contributed by atoms with Crippen molar-refractivity contribution < 1.29 is 22.3 Å². The van der Waals surface area contributed by atoms with E-state index in [0.29, 0.717) is 18.0 Å². The lowest BCUT2D eigenvalue weighted by atomic mass is 10.2. The summed E-state index contributed by atoms with van der Waals surface area (Å²) in [7, 11) is -4.09. The maximum Gasteiger partial charge on any atom is 0.255 e. The highest BCUT2D eigenvalue weighted by molar-refractivity contribution is 7.89. The first-order chi connectivity index (χ1) is 12.4. The number of benzene rings is 2. The van der Waals surface area contributed by atoms with Crippen molar-refractivity contribution in [2.75, 3.05) is 18.5 Å². The van der Waals surface area contributed by atoms with Gasteiger partial charge in [-0.3, -0.25) is 4.79 Å². The Balaban J connectivity index is 2.21. The van der Waals surface area contributed by atoms with Crippen LogP contribution in [0.4, 0.5) is 10.1 Å². The highest BCUT2D eigenvalue weighted by atomic mass is 32.2. The third-order valence-electron chi connectivity index (χ3n) is 3.32. The van der Waals surface area contributed by atoms with Crippen molar-refractivity contribution in [2.24, 2.45) is 0 Å². The summed E-state index contributed by atoms with van der Waals surface area (Å²) in [6.07, 6.45) is 1.33. The number of sulfonamides is 1. The molecule has 0 fully saturated rings. The fraction of sp³-hybridized carbons (Fsp3) is 0.167. The van der Waals surface area contributed by atoms with Gasteiger partial charge in [-0.15, -0.1) is 6.58 Å². The molecule has 0 bridgehead atoms. The molecule has 6 nitrogen and oxygen atoms in total. The summed E-state index contributed by atoms with van der Waals surface area (Å²) in [5.74, 6) is -0.845. The smallest absolute Gasteiger partial charge is 0.255 e. The van der Waals surface area contributed by atoms with Gasteiger partial charge in [-0.1, -0.05) is 6.08 Å². The predicted molar refractivity (Wildman–Crippen MR) is 97.3 cm³/mol. The molecule has 138 valence electrons. The minimum atomic E-state index is -4.09. The molecule has 0 aliphatic rings. The van der Waals surface area contributed by atoms with Crippen molar-refractivity contribution in [1.29, 1.82) is 0 Å². The summed E-state index contributed by atoms with van der Waals surface area (Å²) in [5, 5.41) is 2.62. The van der Waals surface area contributed by atoms with E-state index in [1.807, 2.05) is 6.92 Å². The minimum Gasteiger partial charge on any atom is -0.494 e. The van der Waals surface area contributed by atoms with Gasteiger partial charge in [-0.05, 0) is 49.4 Å². The van der Waals surface area contributed by atoms with Crippen LogP contribution in [0, 0.1) is 5.82 Å². The van der Waals surface area contributed by atoms with Crippen molar-refractivity contribution in [3.63, 3.8) is 0 Å². The Labute approximate surface area is 151 Å². The van der Waals surface area contributed by atoms with E-state index in [1.165, 1.54) is 12.1 Å². The van der Waals surface area contributed by atoms with Crippen molar-refractivity contribution in [2.45, 2.75) is 11.8 Å². The Morgan fingerprint density at radius 2 is 1.92 bits per heavy atom. The number of carbonyl (C=O) groups excluding carboxylic acids is 1. The second kappa shape index (κ2) is 8.59. The molecule has 0 heterocycles. The van der Waals surface area contributed by atoms with Crippen LogP contribution in [0.15, 0.2) is 60.0 Å². The van der Waals surface area contributed by atoms with Crippen LogP contribution in [0.1, 0.15) is 17.3 Å². The molecule has 8 heteroatoms. The molecule has 0 aromatic heterocycles. The first-order valence-electron chi connectivity index (χ1n) is 7.81. The van der Waals surface area contributed by atoms with Gasteiger partial charge in [0.25, 0.3) is 5.91 Å². The molecule has 0 saturated carbocycles. The molecule has 26 heavy (non-hydrogen) atoms. The van der Waals surface area contributed by atoms with Crippen LogP contribution in [0.2, 0.25) is 0 Å². The molecule has 1 amide bonds. The lowest BCUT2D eigenvalue weighted by molar-refractivity contribution is 0.102. The zero-order valence-electron chi connectivity index (χ0n) is 14.2. The summed E-state index contributed by atoms with van der Waals surface area (Å²) >= 11 is 0. The van der Waals surface area contributed by atoms with E-state index in [0.717, 1.165) is 12.1 Å². The number of carbonyl (C=O) groups is 1. The molecule has 2 rings (SSSR count). The third-order valence-corrected chi connectivity index (χ3v) is 4.76. The fourth-order valence-electron chi connectivity index (χ4n) is 2.10. The molecule has 0 radical (unpaired) electrons. The van der Waals surface area contributed by atoms with Gasteiger partial charge in [0.2, 0.25) is 10.0 Å². The number of ether oxygens (including phenoxy) is 1. The van der Waals surface area contributed by atoms with Crippen LogP contribution in [0.3, 0.4) is 0 Å². The normalized spacial score (nSPS) is 11.0. The Morgan fingerprint density at radius 3 is 2.54 bits per heavy atom. The van der Waals surface area contributed by atoms with E-state index in [9.17, 15) is 17.6 Å². The second-order valence-electron chi connectivity index (χ2n) is 5.20. The molecular formula is C18H19FN2O4S. The Kier molecular flexibility index (Phi) is 6.48. The monoisotopic (exact) mass is 378 g/mol. The molecule has 0 aliphatic carbocycles. The van der Waals surface area contributed by atoms with Crippen molar-refractivity contribution >= 4 is 21.6 Å². The Bertz CT molecular complexity index is 896. The van der Waals surface area contributed by atoms with E-state index in [4.69, 9.17) is 4.74 Å². The van der Waals surface area contributed by atoms with Gasteiger partial charge < -0.3 is 10.1 Å². The number of anilines is 1. The van der Waals surface area contributed by atoms with Gasteiger partial charge >= 0.3 is 0 Å². The topological polar surface area (TPSA) is 84.5 Å². The van der Waals surface area contributed by atoms with Crippen LogP contribution in [-0.4, -0.2) is 27.5 Å². The first-order valence-corrected chi connectivity index (χ1v) is 9.30. The van der Waals surface area contributed by atoms with E-state index in [-0.39, 0.29) is 12.1 Å². The van der Waals surface area contributed by atoms with Gasteiger partial charge in [-0.25, -0.2) is 17.5 Å². The molecule has 0 saturated heterocycles. The van der Waals surface area contributed by atoms with Crippen LogP contribution in [-0.2, 0) is 10.0 Å². The van der Waals surface area contributed by atoms with Crippen LogP contribution in [0.25, 0.3) is 0 Å². The highest BCUT2D eigenvalue weighted by Crippen LogP contribution is 2.19. The zero-order chi connectivity index (χ0) is 19.2. The number of hydrogen-bond donors (Lipinski definition) is 2. The lowest BCUT2D eigenvalue weighted by Gasteiger charge is -2.10. The molecule has 2 aromatic rings. The van der Waals surface area contributed by atoms with Gasteiger partial charge in [-0.2, -0.15) is 0 Å². The van der Waals surface area contributed by atoms with E-state index in [2.05, 4.69) is 16.6 Å². The number of halogens is 1. The number of amides is 1. The van der Waals surface area contributed by atoms with Crippen LogP contribution < -0.4 is 14.8 Å². The second-order valence-corrected chi connectivity index (χ2v) is 6.93. The summed E-state index contributed by atoms with van der Waals surface area (Å²) in [6, 6.07) is 9.83. The molecule has 2 aromatic carbocycles. The van der Waals surface area contributed by atoms with Crippen molar-refractivity contribution in [3.8, 4) is 5.75 Å². The molecule has 0 atom stereocenters. The third kappa shape index (κ3) is 4.90. The van der Waals surface area contributed by atoms with E-state index < -0.39 is 26.6 Å². The molecule has 0 unspecified atom stereocenters. The molecule has 0 aliphatic heterocycles. The average molecular weight is 378 g/mol. The van der Waals surface area contributed by atoms with Gasteiger partial charge in [0, 0.05) is 17.8 Å². The minimum absolute atomic E-state index is 0.0132. The van der Waals surface area contributed by atoms with Crippen molar-refractivity contribution in [1.82, 2.24) is 4.72 Å². The zero-order valence-corrected chi connectivity index (χ0v) is 15.0. The molecular weight excluding hydrogens is 359 g/mol. The summed E-state index contributed by atoms with van der Waals surface area (Å²) in [6.45, 7) is 5.73. The number of nitrogens with one attached hydrogen (secondary N) is 2. The fourth-order valence-corrected chi connectivity index (χ4v) is 3.20. The molecule has 2 N–H and O–H groups in total. The van der Waals surface area contributed by atoms with Gasteiger partial charge in [0.15, 0.2) is 0 Å². The summed E-state index contributed by atoms with van der Waals surface area (Å²) < 4.78 is 45.6. The van der Waals surface area contributed by atoms with E-state index in [1.54, 1.807) is 24.3 Å². The SMILES string of the molecule is C=CCNS(=O)(=O)c1cc(C(=O)Nc2ccc(OCC)cc2)ccc1F. The highest BCUT2D eigenvalue weighted by Gasteiger charge is 2.20. The summed E-state index contributed by atoms with van der Waals surface area (Å²) in [4.78, 5) is 11.7. The Hall–Kier alpha value is -2.71. The average Bonchev–Trinajstić information content (AvgIpc) is 2.62. The number of hydrogen-bond acceptors (Lipinski definition) is 4.